The quantitative estimate of drug-likeness (QED) is 0.635. The van der Waals surface area contributed by atoms with Gasteiger partial charge in [-0.1, -0.05) is 34.6 Å². The first kappa shape index (κ1) is 22.5. The number of nitrogens with two attached hydrogens (primary N) is 1. The van der Waals surface area contributed by atoms with E-state index in [-0.39, 0.29) is 6.10 Å². The van der Waals surface area contributed by atoms with Crippen molar-refractivity contribution < 1.29 is 4.74 Å². The van der Waals surface area contributed by atoms with Gasteiger partial charge in [-0.15, -0.1) is 0 Å². The van der Waals surface area contributed by atoms with Crippen LogP contribution in [-0.4, -0.2) is 34.1 Å². The highest BCUT2D eigenvalue weighted by molar-refractivity contribution is 5.75. The van der Waals surface area contributed by atoms with Crippen LogP contribution in [0.25, 0.3) is 11.3 Å². The van der Waals surface area contributed by atoms with Crippen molar-refractivity contribution in [1.29, 1.82) is 0 Å². The molecule has 0 unspecified atom stereocenters. The Kier molecular flexibility index (Phi) is 7.64. The van der Waals surface area contributed by atoms with E-state index in [2.05, 4.69) is 51.7 Å². The van der Waals surface area contributed by atoms with Gasteiger partial charge in [0.05, 0.1) is 17.5 Å². The second-order valence-electron chi connectivity index (χ2n) is 8.34. The molecule has 0 radical (unpaired) electrons. The lowest BCUT2D eigenvalue weighted by Gasteiger charge is -2.23. The molecule has 1 fully saturated rings. The molecule has 3 rings (SSSR count). The second kappa shape index (κ2) is 10.2. The Labute approximate surface area is 181 Å². The van der Waals surface area contributed by atoms with Crippen molar-refractivity contribution >= 4 is 5.82 Å². The minimum atomic E-state index is 0.132. The Hall–Kier alpha value is -2.21. The van der Waals surface area contributed by atoms with Crippen LogP contribution >= 0.6 is 0 Å². The first-order valence-corrected chi connectivity index (χ1v) is 11.5. The van der Waals surface area contributed by atoms with Crippen LogP contribution in [0.2, 0.25) is 0 Å². The molecule has 0 amide bonds. The molecule has 2 aromatic rings. The summed E-state index contributed by atoms with van der Waals surface area (Å²) in [7, 11) is 0. The molecular formula is C24H37N5O. The van der Waals surface area contributed by atoms with E-state index in [4.69, 9.17) is 25.4 Å². The van der Waals surface area contributed by atoms with Gasteiger partial charge in [-0.2, -0.15) is 0 Å². The minimum absolute atomic E-state index is 0.132. The number of rotatable bonds is 9. The fraction of sp³-hybridized carbons (Fsp3) is 0.625. The summed E-state index contributed by atoms with van der Waals surface area (Å²) in [5, 5.41) is 0. The maximum atomic E-state index is 6.17. The zero-order valence-corrected chi connectivity index (χ0v) is 19.2. The monoisotopic (exact) mass is 411 g/mol. The maximum absolute atomic E-state index is 6.17. The zero-order chi connectivity index (χ0) is 21.7. The van der Waals surface area contributed by atoms with E-state index in [1.165, 1.54) is 12.8 Å². The normalized spacial score (nSPS) is 14.2. The molecule has 0 aliphatic carbocycles. The van der Waals surface area contributed by atoms with E-state index in [0.717, 1.165) is 66.5 Å². The van der Waals surface area contributed by atoms with E-state index in [1.807, 2.05) is 0 Å². The van der Waals surface area contributed by atoms with Gasteiger partial charge in [0.15, 0.2) is 0 Å². The first-order valence-electron chi connectivity index (χ1n) is 11.5. The zero-order valence-electron chi connectivity index (χ0n) is 19.2. The van der Waals surface area contributed by atoms with Gasteiger partial charge in [0.25, 0.3) is 0 Å². The van der Waals surface area contributed by atoms with E-state index >= 15 is 0 Å². The number of nitrogens with zero attached hydrogens (tertiary/aromatic N) is 4. The lowest BCUT2D eigenvalue weighted by molar-refractivity contribution is 0.181. The summed E-state index contributed by atoms with van der Waals surface area (Å²) >= 11 is 0. The Balaban J connectivity index is 2.12. The highest BCUT2D eigenvalue weighted by atomic mass is 16.5. The van der Waals surface area contributed by atoms with Crippen LogP contribution in [0.15, 0.2) is 12.1 Å². The number of aryl methyl sites for hydroxylation is 1. The van der Waals surface area contributed by atoms with Crippen molar-refractivity contribution in [3.8, 4) is 17.1 Å². The van der Waals surface area contributed by atoms with Crippen LogP contribution in [0.3, 0.4) is 0 Å². The third-order valence-corrected chi connectivity index (χ3v) is 5.87. The third kappa shape index (κ3) is 4.75. The molecule has 2 aromatic heterocycles. The molecule has 1 aliphatic rings. The van der Waals surface area contributed by atoms with Gasteiger partial charge in [-0.3, -0.25) is 0 Å². The summed E-state index contributed by atoms with van der Waals surface area (Å²) in [6.45, 7) is 13.1. The summed E-state index contributed by atoms with van der Waals surface area (Å²) in [4.78, 5) is 17.3. The van der Waals surface area contributed by atoms with Gasteiger partial charge in [0, 0.05) is 30.9 Å². The number of ether oxygens (including phenoxy) is 1. The molecule has 6 nitrogen and oxygen atoms in total. The first-order chi connectivity index (χ1) is 14.5. The number of hydrogen-bond acceptors (Lipinski definition) is 6. The molecule has 30 heavy (non-hydrogen) atoms. The van der Waals surface area contributed by atoms with Gasteiger partial charge in [-0.05, 0) is 50.2 Å². The molecule has 0 aromatic carbocycles. The molecule has 1 aliphatic heterocycles. The fourth-order valence-electron chi connectivity index (χ4n) is 3.93. The second-order valence-corrected chi connectivity index (χ2v) is 8.34. The molecular weight excluding hydrogens is 374 g/mol. The molecule has 0 saturated carbocycles. The standard InChI is InChI=1S/C24H37N5O/c1-6-17(7-2)30-24-21(15-25)26-22(19(8-3)28-24)18-11-12-20(16(4)5)27-23(18)29-13-9-10-14-29/h11-12,16-17H,6-10,13-15,25H2,1-5H3. The van der Waals surface area contributed by atoms with Crippen LogP contribution in [0.4, 0.5) is 5.82 Å². The number of pyridine rings is 1. The van der Waals surface area contributed by atoms with Crippen LogP contribution in [0.1, 0.15) is 83.3 Å². The Morgan fingerprint density at radius 1 is 1.00 bits per heavy atom. The predicted molar refractivity (Wildman–Crippen MR) is 123 cm³/mol. The van der Waals surface area contributed by atoms with Crippen molar-refractivity contribution in [3.05, 3.63) is 29.2 Å². The maximum Gasteiger partial charge on any atom is 0.237 e. The molecule has 1 saturated heterocycles. The summed E-state index contributed by atoms with van der Waals surface area (Å²) in [6, 6.07) is 4.29. The highest BCUT2D eigenvalue weighted by Crippen LogP contribution is 2.35. The van der Waals surface area contributed by atoms with Crippen LogP contribution in [0.5, 0.6) is 5.88 Å². The predicted octanol–water partition coefficient (Wildman–Crippen LogP) is 4.85. The van der Waals surface area contributed by atoms with Crippen molar-refractivity contribution in [2.45, 2.75) is 85.3 Å². The van der Waals surface area contributed by atoms with Gasteiger partial charge in [0.1, 0.15) is 11.5 Å². The molecule has 164 valence electrons. The van der Waals surface area contributed by atoms with Crippen molar-refractivity contribution in [1.82, 2.24) is 15.0 Å². The molecule has 0 atom stereocenters. The molecule has 0 spiro atoms. The SMILES string of the molecule is CCc1nc(OC(CC)CC)c(CN)nc1-c1ccc(C(C)C)nc1N1CCCC1. The summed E-state index contributed by atoms with van der Waals surface area (Å²) in [5.41, 5.74) is 10.8. The van der Waals surface area contributed by atoms with Crippen LogP contribution < -0.4 is 15.4 Å². The molecule has 2 N–H and O–H groups in total. The largest absolute Gasteiger partial charge is 0.473 e. The Morgan fingerprint density at radius 2 is 1.70 bits per heavy atom. The average molecular weight is 412 g/mol. The van der Waals surface area contributed by atoms with Gasteiger partial charge in [-0.25, -0.2) is 15.0 Å². The fourth-order valence-corrected chi connectivity index (χ4v) is 3.93. The highest BCUT2D eigenvalue weighted by Gasteiger charge is 2.24. The summed E-state index contributed by atoms with van der Waals surface area (Å²) < 4.78 is 6.17. The minimum Gasteiger partial charge on any atom is -0.473 e. The van der Waals surface area contributed by atoms with Crippen LogP contribution in [0, 0.1) is 0 Å². The lowest BCUT2D eigenvalue weighted by Crippen LogP contribution is -2.22. The smallest absolute Gasteiger partial charge is 0.237 e. The number of anilines is 1. The van der Waals surface area contributed by atoms with E-state index in [1.54, 1.807) is 0 Å². The molecule has 0 bridgehead atoms. The van der Waals surface area contributed by atoms with E-state index < -0.39 is 0 Å². The lowest BCUT2D eigenvalue weighted by atomic mass is 10.0. The van der Waals surface area contributed by atoms with E-state index in [0.29, 0.717) is 18.3 Å². The summed E-state index contributed by atoms with van der Waals surface area (Å²) in [5.74, 6) is 1.99. The third-order valence-electron chi connectivity index (χ3n) is 5.87. The van der Waals surface area contributed by atoms with Crippen molar-refractivity contribution in [2.24, 2.45) is 5.73 Å². The van der Waals surface area contributed by atoms with Crippen LogP contribution in [-0.2, 0) is 13.0 Å². The number of hydrogen-bond donors (Lipinski definition) is 1. The van der Waals surface area contributed by atoms with Crippen molar-refractivity contribution in [2.75, 3.05) is 18.0 Å². The van der Waals surface area contributed by atoms with Gasteiger partial charge >= 0.3 is 0 Å². The average Bonchev–Trinajstić information content (AvgIpc) is 3.31. The Bertz CT molecular complexity index is 842. The Morgan fingerprint density at radius 3 is 2.27 bits per heavy atom. The topological polar surface area (TPSA) is 77.2 Å². The van der Waals surface area contributed by atoms with E-state index in [9.17, 15) is 0 Å². The van der Waals surface area contributed by atoms with Crippen molar-refractivity contribution in [3.63, 3.8) is 0 Å². The van der Waals surface area contributed by atoms with Gasteiger partial charge < -0.3 is 15.4 Å². The molecule has 3 heterocycles. The summed E-state index contributed by atoms with van der Waals surface area (Å²) in [6.07, 6.45) is 5.19. The van der Waals surface area contributed by atoms with Gasteiger partial charge in [0.2, 0.25) is 5.88 Å². The number of aromatic nitrogens is 3. The molecule has 6 heteroatoms.